The van der Waals surface area contributed by atoms with E-state index in [0.717, 1.165) is 16.3 Å². The van der Waals surface area contributed by atoms with Crippen molar-refractivity contribution in [2.45, 2.75) is 6.42 Å². The Kier molecular flexibility index (Phi) is 5.75. The highest BCUT2D eigenvalue weighted by atomic mass is 32.1. The number of carbonyl (C=O) groups is 1. The summed E-state index contributed by atoms with van der Waals surface area (Å²) in [5, 5.41) is 11.9. The molecule has 0 aliphatic carbocycles. The molecule has 0 aliphatic heterocycles. The molecule has 6 nitrogen and oxygen atoms in total. The number of nitrogens with zero attached hydrogens (tertiary/aromatic N) is 2. The fourth-order valence-electron chi connectivity index (χ4n) is 2.13. The summed E-state index contributed by atoms with van der Waals surface area (Å²) < 4.78 is 23.2. The van der Waals surface area contributed by atoms with Crippen LogP contribution in [0.25, 0.3) is 0 Å². The molecule has 0 atom stereocenters. The van der Waals surface area contributed by atoms with Crippen LogP contribution in [0.4, 0.5) is 9.52 Å². The molecule has 0 radical (unpaired) electrons. The molecule has 0 saturated heterocycles. The van der Waals surface area contributed by atoms with E-state index in [1.807, 2.05) is 24.3 Å². The second-order valence-electron chi connectivity index (χ2n) is 5.32. The maximum atomic E-state index is 12.8. The van der Waals surface area contributed by atoms with Crippen LogP contribution in [0.2, 0.25) is 0 Å². The molecule has 3 aromatic rings. The number of rotatable bonds is 7. The quantitative estimate of drug-likeness (QED) is 0.688. The standard InChI is InChI=1S/C18H16FN3O3S/c1-24-14-6-2-12(3-7-14)10-17-21-22-18(26-17)20-16(23)11-25-15-8-4-13(19)5-9-15/h2-9H,10-11H2,1H3,(H,20,22,23). The van der Waals surface area contributed by atoms with E-state index in [1.54, 1.807) is 7.11 Å². The molecule has 0 bridgehead atoms. The normalized spacial score (nSPS) is 10.4. The first kappa shape index (κ1) is 17.8. The summed E-state index contributed by atoms with van der Waals surface area (Å²) in [5.41, 5.74) is 1.07. The van der Waals surface area contributed by atoms with Gasteiger partial charge < -0.3 is 9.47 Å². The Morgan fingerprint density at radius 3 is 2.46 bits per heavy atom. The molecule has 0 spiro atoms. The topological polar surface area (TPSA) is 73.3 Å². The van der Waals surface area contributed by atoms with Crippen molar-refractivity contribution in [1.82, 2.24) is 10.2 Å². The van der Waals surface area contributed by atoms with Gasteiger partial charge >= 0.3 is 0 Å². The van der Waals surface area contributed by atoms with Crippen LogP contribution in [0.3, 0.4) is 0 Å². The number of ether oxygens (including phenoxy) is 2. The van der Waals surface area contributed by atoms with Crippen molar-refractivity contribution in [3.8, 4) is 11.5 Å². The molecule has 134 valence electrons. The SMILES string of the molecule is COc1ccc(Cc2nnc(NC(=O)COc3ccc(F)cc3)s2)cc1. The lowest BCUT2D eigenvalue weighted by atomic mass is 10.1. The van der Waals surface area contributed by atoms with E-state index >= 15 is 0 Å². The van der Waals surface area contributed by atoms with Gasteiger partial charge in [-0.2, -0.15) is 0 Å². The third-order valence-electron chi connectivity index (χ3n) is 3.41. The molecular formula is C18H16FN3O3S. The highest BCUT2D eigenvalue weighted by Crippen LogP contribution is 2.20. The van der Waals surface area contributed by atoms with Crippen molar-refractivity contribution in [2.24, 2.45) is 0 Å². The predicted molar refractivity (Wildman–Crippen MR) is 96.2 cm³/mol. The van der Waals surface area contributed by atoms with Gasteiger partial charge in [0.25, 0.3) is 5.91 Å². The van der Waals surface area contributed by atoms with Gasteiger partial charge in [0.15, 0.2) is 6.61 Å². The molecule has 0 saturated carbocycles. The summed E-state index contributed by atoms with van der Waals surface area (Å²) in [4.78, 5) is 11.9. The Morgan fingerprint density at radius 1 is 1.08 bits per heavy atom. The number of methoxy groups -OCH3 is 1. The highest BCUT2D eigenvalue weighted by Gasteiger charge is 2.10. The van der Waals surface area contributed by atoms with Gasteiger partial charge in [0.1, 0.15) is 22.3 Å². The predicted octanol–water partition coefficient (Wildman–Crippen LogP) is 3.29. The third-order valence-corrected chi connectivity index (χ3v) is 4.25. The lowest BCUT2D eigenvalue weighted by Crippen LogP contribution is -2.20. The molecule has 3 rings (SSSR count). The van der Waals surface area contributed by atoms with E-state index in [1.165, 1.54) is 35.6 Å². The number of anilines is 1. The zero-order valence-electron chi connectivity index (χ0n) is 13.9. The smallest absolute Gasteiger partial charge is 0.264 e. The fourth-order valence-corrected chi connectivity index (χ4v) is 2.92. The molecule has 0 unspecified atom stereocenters. The lowest BCUT2D eigenvalue weighted by molar-refractivity contribution is -0.118. The second-order valence-corrected chi connectivity index (χ2v) is 6.38. The minimum atomic E-state index is -0.361. The Morgan fingerprint density at radius 2 is 1.77 bits per heavy atom. The largest absolute Gasteiger partial charge is 0.497 e. The lowest BCUT2D eigenvalue weighted by Gasteiger charge is -2.05. The number of halogens is 1. The number of amides is 1. The van der Waals surface area contributed by atoms with Crippen LogP contribution in [-0.4, -0.2) is 29.8 Å². The van der Waals surface area contributed by atoms with Crippen molar-refractivity contribution in [3.63, 3.8) is 0 Å². The molecule has 1 heterocycles. The van der Waals surface area contributed by atoms with Crippen LogP contribution >= 0.6 is 11.3 Å². The van der Waals surface area contributed by atoms with Crippen molar-refractivity contribution in [1.29, 1.82) is 0 Å². The molecular weight excluding hydrogens is 357 g/mol. The third kappa shape index (κ3) is 5.00. The Labute approximate surface area is 153 Å². The average Bonchev–Trinajstić information content (AvgIpc) is 3.08. The van der Waals surface area contributed by atoms with Gasteiger partial charge in [0, 0.05) is 6.42 Å². The summed E-state index contributed by atoms with van der Waals surface area (Å²) in [5.74, 6) is 0.487. The van der Waals surface area contributed by atoms with Crippen LogP contribution in [0, 0.1) is 5.82 Å². The molecule has 0 fully saturated rings. The van der Waals surface area contributed by atoms with Gasteiger partial charge in [-0.15, -0.1) is 10.2 Å². The number of aromatic nitrogens is 2. The molecule has 1 aromatic heterocycles. The summed E-state index contributed by atoms with van der Waals surface area (Å²) in [6.07, 6.45) is 0.615. The Hall–Kier alpha value is -3.00. The second kappa shape index (κ2) is 8.39. The van der Waals surface area contributed by atoms with E-state index in [2.05, 4.69) is 15.5 Å². The van der Waals surface area contributed by atoms with Crippen molar-refractivity contribution >= 4 is 22.4 Å². The van der Waals surface area contributed by atoms with Gasteiger partial charge in [0.2, 0.25) is 5.13 Å². The molecule has 1 amide bonds. The summed E-state index contributed by atoms with van der Waals surface area (Å²) >= 11 is 1.30. The number of carbonyl (C=O) groups excluding carboxylic acids is 1. The minimum absolute atomic E-state index is 0.195. The molecule has 1 N–H and O–H groups in total. The van der Waals surface area contributed by atoms with Crippen molar-refractivity contribution in [2.75, 3.05) is 19.0 Å². The first-order valence-electron chi connectivity index (χ1n) is 7.76. The number of nitrogens with one attached hydrogen (secondary N) is 1. The molecule has 8 heteroatoms. The monoisotopic (exact) mass is 373 g/mol. The number of hydrogen-bond donors (Lipinski definition) is 1. The van der Waals surface area contributed by atoms with E-state index in [9.17, 15) is 9.18 Å². The minimum Gasteiger partial charge on any atom is -0.497 e. The summed E-state index contributed by atoms with van der Waals surface area (Å²) in [6, 6.07) is 13.1. The first-order valence-corrected chi connectivity index (χ1v) is 8.57. The summed E-state index contributed by atoms with van der Waals surface area (Å²) in [6.45, 7) is -0.195. The van der Waals surface area contributed by atoms with E-state index in [4.69, 9.17) is 9.47 Å². The summed E-state index contributed by atoms with van der Waals surface area (Å²) in [7, 11) is 1.62. The van der Waals surface area contributed by atoms with Gasteiger partial charge in [-0.25, -0.2) is 4.39 Å². The number of benzene rings is 2. The zero-order valence-corrected chi connectivity index (χ0v) is 14.8. The molecule has 26 heavy (non-hydrogen) atoms. The van der Waals surface area contributed by atoms with Crippen LogP contribution in [-0.2, 0) is 11.2 Å². The maximum absolute atomic E-state index is 12.8. The molecule has 0 aliphatic rings. The van der Waals surface area contributed by atoms with Crippen LogP contribution in [0.1, 0.15) is 10.6 Å². The van der Waals surface area contributed by atoms with E-state index < -0.39 is 0 Å². The Balaban J connectivity index is 1.50. The highest BCUT2D eigenvalue weighted by molar-refractivity contribution is 7.15. The van der Waals surface area contributed by atoms with Crippen LogP contribution in [0.5, 0.6) is 11.5 Å². The van der Waals surface area contributed by atoms with Gasteiger partial charge in [0.05, 0.1) is 7.11 Å². The fraction of sp³-hybridized carbons (Fsp3) is 0.167. The first-order chi connectivity index (χ1) is 12.6. The number of hydrogen-bond acceptors (Lipinski definition) is 6. The van der Waals surface area contributed by atoms with Gasteiger partial charge in [-0.05, 0) is 42.0 Å². The van der Waals surface area contributed by atoms with Gasteiger partial charge in [-0.1, -0.05) is 23.5 Å². The van der Waals surface area contributed by atoms with Crippen molar-refractivity contribution < 1.29 is 18.7 Å². The molecule has 2 aromatic carbocycles. The van der Waals surface area contributed by atoms with Crippen LogP contribution < -0.4 is 14.8 Å². The average molecular weight is 373 g/mol. The van der Waals surface area contributed by atoms with Crippen LogP contribution in [0.15, 0.2) is 48.5 Å². The van der Waals surface area contributed by atoms with E-state index in [0.29, 0.717) is 17.3 Å². The van der Waals surface area contributed by atoms with Crippen molar-refractivity contribution in [3.05, 3.63) is 64.9 Å². The zero-order chi connectivity index (χ0) is 18.4. The van der Waals surface area contributed by atoms with E-state index in [-0.39, 0.29) is 18.3 Å². The Bertz CT molecular complexity index is 866. The van der Waals surface area contributed by atoms with Gasteiger partial charge in [-0.3, -0.25) is 10.1 Å². The maximum Gasteiger partial charge on any atom is 0.264 e.